The maximum absolute atomic E-state index is 12.7. The summed E-state index contributed by atoms with van der Waals surface area (Å²) in [5.74, 6) is -0.466. The summed E-state index contributed by atoms with van der Waals surface area (Å²) in [4.78, 5) is 12.3. The van der Waals surface area contributed by atoms with Crippen LogP contribution in [0.4, 0.5) is 0 Å². The van der Waals surface area contributed by atoms with Crippen LogP contribution in [0, 0.1) is 0 Å². The Morgan fingerprint density at radius 2 is 1.81 bits per heavy atom. The van der Waals surface area contributed by atoms with Gasteiger partial charge in [0.1, 0.15) is 23.5 Å². The lowest BCUT2D eigenvalue weighted by Crippen LogP contribution is -2.06. The Balaban J connectivity index is 2.03. The van der Waals surface area contributed by atoms with Crippen molar-refractivity contribution in [3.8, 4) is 0 Å². The van der Waals surface area contributed by atoms with Crippen LogP contribution in [0.3, 0.4) is 0 Å². The minimum absolute atomic E-state index is 0.0948. The van der Waals surface area contributed by atoms with E-state index in [0.717, 1.165) is 0 Å². The van der Waals surface area contributed by atoms with Crippen molar-refractivity contribution in [3.63, 3.8) is 0 Å². The van der Waals surface area contributed by atoms with Crippen LogP contribution >= 0.6 is 11.6 Å². The molecule has 1 aromatic heterocycles. The Kier molecular flexibility index (Phi) is 5.55. The molecule has 0 saturated carbocycles. The molecule has 0 unspecified atom stereocenters. The van der Waals surface area contributed by atoms with Gasteiger partial charge in [0.15, 0.2) is 9.84 Å². The topological polar surface area (TPSA) is 82.8 Å². The lowest BCUT2D eigenvalue weighted by molar-refractivity contribution is 0.0594. The second-order valence-corrected chi connectivity index (χ2v) is 8.29. The molecule has 0 bridgehead atoms. The van der Waals surface area contributed by atoms with Crippen molar-refractivity contribution < 1.29 is 27.1 Å². The third-order valence-corrected chi connectivity index (χ3v) is 5.98. The van der Waals surface area contributed by atoms with Gasteiger partial charge in [0.2, 0.25) is 0 Å². The molecule has 0 aliphatic rings. The second kappa shape index (κ2) is 7.72. The molecule has 27 heavy (non-hydrogen) atoms. The molecule has 8 heteroatoms. The highest BCUT2D eigenvalue weighted by Crippen LogP contribution is 2.29. The highest BCUT2D eigenvalue weighted by Gasteiger charge is 2.23. The number of methoxy groups -OCH3 is 2. The molecule has 1 heterocycles. The summed E-state index contributed by atoms with van der Waals surface area (Å²) in [6.07, 6.45) is 0. The van der Waals surface area contributed by atoms with E-state index in [9.17, 15) is 13.2 Å². The number of carbonyl (C=O) groups excluding carboxylic acids is 1. The van der Waals surface area contributed by atoms with Crippen molar-refractivity contribution in [2.75, 3.05) is 14.2 Å². The van der Waals surface area contributed by atoms with Gasteiger partial charge in [0.25, 0.3) is 0 Å². The largest absolute Gasteiger partial charge is 0.465 e. The fourth-order valence-corrected chi connectivity index (χ4v) is 4.25. The molecule has 3 aromatic rings. The predicted octanol–water partition coefficient (Wildman–Crippen LogP) is 3.99. The first-order valence-corrected chi connectivity index (χ1v) is 9.98. The minimum atomic E-state index is -3.57. The first kappa shape index (κ1) is 19.4. The molecule has 0 amide bonds. The quantitative estimate of drug-likeness (QED) is 0.573. The van der Waals surface area contributed by atoms with Gasteiger partial charge in [-0.3, -0.25) is 0 Å². The SMILES string of the molecule is COCc1oc2ccc(CS(=O)(=O)c3ccc(Cl)cc3)cc2c1C(=O)OC. The highest BCUT2D eigenvalue weighted by molar-refractivity contribution is 7.90. The van der Waals surface area contributed by atoms with Crippen molar-refractivity contribution in [1.82, 2.24) is 0 Å². The number of carbonyl (C=O) groups is 1. The van der Waals surface area contributed by atoms with Crippen molar-refractivity contribution in [1.29, 1.82) is 0 Å². The zero-order valence-electron chi connectivity index (χ0n) is 14.7. The first-order valence-electron chi connectivity index (χ1n) is 7.95. The van der Waals surface area contributed by atoms with Gasteiger partial charge in [0, 0.05) is 17.5 Å². The second-order valence-electron chi connectivity index (χ2n) is 5.87. The fraction of sp³-hybridized carbons (Fsp3) is 0.211. The molecule has 0 N–H and O–H groups in total. The number of fused-ring (bicyclic) bond motifs is 1. The first-order chi connectivity index (χ1) is 12.9. The van der Waals surface area contributed by atoms with E-state index in [0.29, 0.717) is 27.3 Å². The lowest BCUT2D eigenvalue weighted by atomic mass is 10.1. The van der Waals surface area contributed by atoms with Gasteiger partial charge >= 0.3 is 5.97 Å². The van der Waals surface area contributed by atoms with E-state index in [2.05, 4.69) is 0 Å². The van der Waals surface area contributed by atoms with Crippen LogP contribution in [-0.2, 0) is 31.7 Å². The Hall–Kier alpha value is -2.35. The van der Waals surface area contributed by atoms with Gasteiger partial charge in [-0.1, -0.05) is 17.7 Å². The summed E-state index contributed by atoms with van der Waals surface area (Å²) < 4.78 is 40.9. The van der Waals surface area contributed by atoms with Crippen molar-refractivity contribution in [2.45, 2.75) is 17.3 Å². The predicted molar refractivity (Wildman–Crippen MR) is 101 cm³/mol. The van der Waals surface area contributed by atoms with Gasteiger partial charge in [-0.2, -0.15) is 0 Å². The molecule has 0 atom stereocenters. The number of halogens is 1. The molecule has 0 fully saturated rings. The number of hydrogen-bond acceptors (Lipinski definition) is 6. The third kappa shape index (κ3) is 4.00. The number of ether oxygens (including phenoxy) is 2. The van der Waals surface area contributed by atoms with Crippen LogP contribution in [0.25, 0.3) is 11.0 Å². The number of esters is 1. The van der Waals surface area contributed by atoms with Crippen LogP contribution in [0.15, 0.2) is 51.8 Å². The smallest absolute Gasteiger partial charge is 0.342 e. The average Bonchev–Trinajstić information content (AvgIpc) is 2.98. The number of benzene rings is 2. The zero-order chi connectivity index (χ0) is 19.6. The van der Waals surface area contributed by atoms with E-state index < -0.39 is 15.8 Å². The highest BCUT2D eigenvalue weighted by atomic mass is 35.5. The van der Waals surface area contributed by atoms with Crippen molar-refractivity contribution >= 4 is 38.4 Å². The number of rotatable bonds is 6. The number of furan rings is 1. The van der Waals surface area contributed by atoms with E-state index in [1.54, 1.807) is 18.2 Å². The zero-order valence-corrected chi connectivity index (χ0v) is 16.3. The molecule has 3 rings (SSSR count). The molecular weight excluding hydrogens is 392 g/mol. The van der Waals surface area contributed by atoms with Crippen molar-refractivity contribution in [3.05, 3.63) is 64.4 Å². The molecule has 0 aliphatic carbocycles. The Bertz CT molecular complexity index is 1080. The minimum Gasteiger partial charge on any atom is -0.465 e. The molecule has 0 saturated heterocycles. The summed E-state index contributed by atoms with van der Waals surface area (Å²) in [5.41, 5.74) is 1.21. The van der Waals surface area contributed by atoms with Gasteiger partial charge in [-0.05, 0) is 42.0 Å². The maximum atomic E-state index is 12.7. The molecule has 0 spiro atoms. The van der Waals surface area contributed by atoms with Gasteiger partial charge < -0.3 is 13.9 Å². The van der Waals surface area contributed by atoms with E-state index in [4.69, 9.17) is 25.5 Å². The van der Waals surface area contributed by atoms with E-state index in [-0.39, 0.29) is 22.8 Å². The van der Waals surface area contributed by atoms with Gasteiger partial charge in [0.05, 0.1) is 17.8 Å². The van der Waals surface area contributed by atoms with Crippen LogP contribution in [0.2, 0.25) is 5.02 Å². The molecule has 0 aliphatic heterocycles. The van der Waals surface area contributed by atoms with Crippen molar-refractivity contribution in [2.24, 2.45) is 0 Å². The lowest BCUT2D eigenvalue weighted by Gasteiger charge is -2.05. The molecule has 2 aromatic carbocycles. The van der Waals surface area contributed by atoms with E-state index in [1.165, 1.54) is 38.5 Å². The standard InChI is InChI=1S/C19H17ClO6S/c1-24-10-17-18(19(21)25-2)15-9-12(3-8-16(15)26-17)11-27(22,23)14-6-4-13(20)5-7-14/h3-9H,10-11H2,1-2H3. The van der Waals surface area contributed by atoms with Gasteiger partial charge in [-0.25, -0.2) is 13.2 Å². The summed E-state index contributed by atoms with van der Waals surface area (Å²) in [6.45, 7) is 0.0948. The fourth-order valence-electron chi connectivity index (χ4n) is 2.79. The normalized spacial score (nSPS) is 11.7. The van der Waals surface area contributed by atoms with Crippen LogP contribution in [0.5, 0.6) is 0 Å². The third-order valence-electron chi connectivity index (χ3n) is 4.02. The van der Waals surface area contributed by atoms with E-state index >= 15 is 0 Å². The molecule has 0 radical (unpaired) electrons. The Labute approximate surface area is 161 Å². The van der Waals surface area contributed by atoms with Gasteiger partial charge in [-0.15, -0.1) is 0 Å². The van der Waals surface area contributed by atoms with Crippen LogP contribution < -0.4 is 0 Å². The Morgan fingerprint density at radius 1 is 1.11 bits per heavy atom. The molecule has 6 nitrogen and oxygen atoms in total. The Morgan fingerprint density at radius 3 is 2.44 bits per heavy atom. The van der Waals surface area contributed by atoms with Crippen LogP contribution in [-0.4, -0.2) is 28.6 Å². The number of hydrogen-bond donors (Lipinski definition) is 0. The molecule has 142 valence electrons. The summed E-state index contributed by atoms with van der Waals surface area (Å²) in [5, 5.41) is 0.944. The summed E-state index contributed by atoms with van der Waals surface area (Å²) >= 11 is 5.82. The summed E-state index contributed by atoms with van der Waals surface area (Å²) in [6, 6.07) is 10.9. The number of sulfone groups is 1. The maximum Gasteiger partial charge on any atom is 0.342 e. The van der Waals surface area contributed by atoms with E-state index in [1.807, 2.05) is 0 Å². The van der Waals surface area contributed by atoms with Crippen LogP contribution in [0.1, 0.15) is 21.7 Å². The molecular formula is C19H17ClO6S. The monoisotopic (exact) mass is 408 g/mol. The average molecular weight is 409 g/mol. The summed E-state index contributed by atoms with van der Waals surface area (Å²) in [7, 11) is -0.816.